The van der Waals surface area contributed by atoms with Crippen molar-refractivity contribution in [2.24, 2.45) is 0 Å². The van der Waals surface area contributed by atoms with Gasteiger partial charge in [-0.05, 0) is 18.2 Å². The Hall–Kier alpha value is -1.38. The highest BCUT2D eigenvalue weighted by molar-refractivity contribution is 5.76. The van der Waals surface area contributed by atoms with Crippen LogP contribution in [0.5, 0.6) is 0 Å². The van der Waals surface area contributed by atoms with Gasteiger partial charge in [0, 0.05) is 32.9 Å². The van der Waals surface area contributed by atoms with Crippen LogP contribution in [0.25, 0.3) is 0 Å². The van der Waals surface area contributed by atoms with Crippen LogP contribution in [0, 0.1) is 0 Å². The fourth-order valence-electron chi connectivity index (χ4n) is 1.71. The third kappa shape index (κ3) is 1.30. The number of rotatable bonds is 0. The van der Waals surface area contributed by atoms with Gasteiger partial charge in [0.1, 0.15) is 0 Å². The van der Waals surface area contributed by atoms with Gasteiger partial charge in [0.05, 0.1) is 11.4 Å². The molecule has 0 aromatic heterocycles. The number of nitrogens with zero attached hydrogens (tertiary/aromatic N) is 2. The van der Waals surface area contributed by atoms with Crippen molar-refractivity contribution in [3.63, 3.8) is 0 Å². The minimum absolute atomic E-state index is 0.834. The second-order valence-corrected chi connectivity index (χ2v) is 3.59. The zero-order chi connectivity index (χ0) is 9.42. The Morgan fingerprint density at radius 1 is 1.08 bits per heavy atom. The van der Waals surface area contributed by atoms with Crippen molar-refractivity contribution in [2.75, 3.05) is 42.7 Å². The molecule has 1 aromatic rings. The van der Waals surface area contributed by atoms with Gasteiger partial charge in [-0.2, -0.15) is 0 Å². The molecule has 13 heavy (non-hydrogen) atoms. The van der Waals surface area contributed by atoms with Crippen LogP contribution in [0.4, 0.5) is 17.1 Å². The molecule has 0 atom stereocenters. The SMILES string of the molecule is CN1CCN(C)c2cc(N)ccc21. The van der Waals surface area contributed by atoms with Gasteiger partial charge in [0.15, 0.2) is 0 Å². The predicted octanol–water partition coefficient (Wildman–Crippen LogP) is 1.15. The van der Waals surface area contributed by atoms with Crippen LogP contribution in [-0.4, -0.2) is 27.2 Å². The summed E-state index contributed by atoms with van der Waals surface area (Å²) >= 11 is 0. The fourth-order valence-corrected chi connectivity index (χ4v) is 1.71. The average Bonchev–Trinajstić information content (AvgIpc) is 2.12. The second kappa shape index (κ2) is 2.83. The number of fused-ring (bicyclic) bond motifs is 1. The van der Waals surface area contributed by atoms with Gasteiger partial charge in [0.2, 0.25) is 0 Å². The topological polar surface area (TPSA) is 32.5 Å². The first kappa shape index (κ1) is 8.23. The molecule has 0 aliphatic carbocycles. The van der Waals surface area contributed by atoms with Crippen molar-refractivity contribution in [3.8, 4) is 0 Å². The molecule has 0 saturated heterocycles. The third-order valence-corrected chi connectivity index (χ3v) is 2.59. The van der Waals surface area contributed by atoms with Gasteiger partial charge in [0.25, 0.3) is 0 Å². The Balaban J connectivity index is 2.50. The van der Waals surface area contributed by atoms with Crippen LogP contribution >= 0.6 is 0 Å². The van der Waals surface area contributed by atoms with E-state index in [1.54, 1.807) is 0 Å². The molecule has 0 saturated carbocycles. The maximum Gasteiger partial charge on any atom is 0.0622 e. The molecule has 1 aliphatic heterocycles. The lowest BCUT2D eigenvalue weighted by Gasteiger charge is -2.34. The summed E-state index contributed by atoms with van der Waals surface area (Å²) in [5.41, 5.74) is 9.08. The largest absolute Gasteiger partial charge is 0.399 e. The van der Waals surface area contributed by atoms with Crippen LogP contribution in [0.3, 0.4) is 0 Å². The van der Waals surface area contributed by atoms with E-state index in [-0.39, 0.29) is 0 Å². The standard InChI is InChI=1S/C10H15N3/c1-12-5-6-13(2)10-7-8(11)3-4-9(10)12/h3-4,7H,5-6,11H2,1-2H3. The van der Waals surface area contributed by atoms with Crippen molar-refractivity contribution >= 4 is 17.1 Å². The molecular formula is C10H15N3. The number of likely N-dealkylation sites (N-methyl/N-ethyl adjacent to an activating group) is 2. The number of nitrogens with two attached hydrogens (primary N) is 1. The molecule has 70 valence electrons. The zero-order valence-electron chi connectivity index (χ0n) is 8.12. The van der Waals surface area contributed by atoms with Crippen molar-refractivity contribution in [3.05, 3.63) is 18.2 Å². The molecular weight excluding hydrogens is 162 g/mol. The van der Waals surface area contributed by atoms with E-state index in [1.165, 1.54) is 11.4 Å². The van der Waals surface area contributed by atoms with Crippen molar-refractivity contribution in [1.82, 2.24) is 0 Å². The molecule has 0 bridgehead atoms. The molecule has 0 spiro atoms. The molecule has 0 amide bonds. The summed E-state index contributed by atoms with van der Waals surface area (Å²) in [7, 11) is 4.22. The average molecular weight is 177 g/mol. The molecule has 0 radical (unpaired) electrons. The lowest BCUT2D eigenvalue weighted by molar-refractivity contribution is 0.798. The van der Waals surface area contributed by atoms with E-state index in [0.29, 0.717) is 0 Å². The van der Waals surface area contributed by atoms with Crippen molar-refractivity contribution < 1.29 is 0 Å². The van der Waals surface area contributed by atoms with Gasteiger partial charge in [-0.1, -0.05) is 0 Å². The van der Waals surface area contributed by atoms with Crippen molar-refractivity contribution in [2.45, 2.75) is 0 Å². The lowest BCUT2D eigenvalue weighted by atomic mass is 10.1. The Labute approximate surface area is 78.7 Å². The van der Waals surface area contributed by atoms with Crippen LogP contribution in [0.2, 0.25) is 0 Å². The van der Waals surface area contributed by atoms with Gasteiger partial charge in [-0.15, -0.1) is 0 Å². The number of benzene rings is 1. The summed E-state index contributed by atoms with van der Waals surface area (Å²) in [5, 5.41) is 0. The molecule has 0 fully saturated rings. The Morgan fingerprint density at radius 3 is 2.38 bits per heavy atom. The first-order valence-electron chi connectivity index (χ1n) is 4.50. The second-order valence-electron chi connectivity index (χ2n) is 3.59. The minimum atomic E-state index is 0.834. The first-order valence-corrected chi connectivity index (χ1v) is 4.50. The molecule has 3 heteroatoms. The van der Waals surface area contributed by atoms with Crippen molar-refractivity contribution in [1.29, 1.82) is 0 Å². The van der Waals surface area contributed by atoms with E-state index < -0.39 is 0 Å². The molecule has 2 rings (SSSR count). The van der Waals surface area contributed by atoms with Gasteiger partial charge >= 0.3 is 0 Å². The maximum absolute atomic E-state index is 5.74. The molecule has 0 unspecified atom stereocenters. The Morgan fingerprint density at radius 2 is 1.69 bits per heavy atom. The number of hydrogen-bond donors (Lipinski definition) is 1. The van der Waals surface area contributed by atoms with E-state index in [9.17, 15) is 0 Å². The van der Waals surface area contributed by atoms with E-state index in [0.717, 1.165) is 18.8 Å². The van der Waals surface area contributed by atoms with Gasteiger partial charge in [-0.25, -0.2) is 0 Å². The quantitative estimate of drug-likeness (QED) is 0.603. The van der Waals surface area contributed by atoms with Gasteiger partial charge < -0.3 is 15.5 Å². The first-order chi connectivity index (χ1) is 6.18. The highest BCUT2D eigenvalue weighted by Gasteiger charge is 2.16. The molecule has 1 aliphatic rings. The summed E-state index contributed by atoms with van der Waals surface area (Å²) in [6.07, 6.45) is 0. The molecule has 1 heterocycles. The summed E-state index contributed by atoms with van der Waals surface area (Å²) in [5.74, 6) is 0. The number of nitrogen functional groups attached to an aromatic ring is 1. The zero-order valence-corrected chi connectivity index (χ0v) is 8.12. The van der Waals surface area contributed by atoms with Crippen LogP contribution in [0.15, 0.2) is 18.2 Å². The number of hydrogen-bond acceptors (Lipinski definition) is 3. The van der Waals surface area contributed by atoms with Crippen LogP contribution in [-0.2, 0) is 0 Å². The summed E-state index contributed by atoms with van der Waals surface area (Å²) in [6, 6.07) is 6.07. The van der Waals surface area contributed by atoms with Crippen LogP contribution in [0.1, 0.15) is 0 Å². The van der Waals surface area contributed by atoms with E-state index in [2.05, 4.69) is 30.0 Å². The highest BCUT2D eigenvalue weighted by atomic mass is 15.2. The maximum atomic E-state index is 5.74. The van der Waals surface area contributed by atoms with E-state index in [4.69, 9.17) is 5.73 Å². The monoisotopic (exact) mass is 177 g/mol. The summed E-state index contributed by atoms with van der Waals surface area (Å²) in [6.45, 7) is 2.14. The molecule has 3 nitrogen and oxygen atoms in total. The normalized spacial score (nSPS) is 15.8. The third-order valence-electron chi connectivity index (χ3n) is 2.59. The summed E-state index contributed by atoms with van der Waals surface area (Å²) in [4.78, 5) is 4.50. The Bertz CT molecular complexity index is 322. The minimum Gasteiger partial charge on any atom is -0.399 e. The van der Waals surface area contributed by atoms with Gasteiger partial charge in [-0.3, -0.25) is 0 Å². The highest BCUT2D eigenvalue weighted by Crippen LogP contribution is 2.32. The predicted molar refractivity (Wildman–Crippen MR) is 57.4 cm³/mol. The molecule has 2 N–H and O–H groups in total. The number of anilines is 3. The molecule has 1 aromatic carbocycles. The lowest BCUT2D eigenvalue weighted by Crippen LogP contribution is -2.36. The smallest absolute Gasteiger partial charge is 0.0622 e. The van der Waals surface area contributed by atoms with E-state index >= 15 is 0 Å². The Kier molecular flexibility index (Phi) is 1.79. The fraction of sp³-hybridized carbons (Fsp3) is 0.400. The van der Waals surface area contributed by atoms with E-state index in [1.807, 2.05) is 12.1 Å². The summed E-state index contributed by atoms with van der Waals surface area (Å²) < 4.78 is 0. The van der Waals surface area contributed by atoms with Crippen LogP contribution < -0.4 is 15.5 Å².